The third-order valence-corrected chi connectivity index (χ3v) is 9.36. The number of hydrogen-bond donors (Lipinski definition) is 2. The molecule has 13 heteroatoms. The number of hydrogen-bond acceptors (Lipinski definition) is 7. The number of nitrogens with one attached hydrogen (secondary N) is 2. The average molecular weight is 753 g/mol. The quantitative estimate of drug-likeness (QED) is 0.102. The molecule has 0 unspecified atom stereocenters. The van der Waals surface area contributed by atoms with Gasteiger partial charge >= 0.3 is 0 Å². The minimum Gasteiger partial charge on any atom is -0.490 e. The summed E-state index contributed by atoms with van der Waals surface area (Å²) in [5, 5.41) is 7.64. The van der Waals surface area contributed by atoms with Gasteiger partial charge in [-0.15, -0.1) is 0 Å². The fraction of sp³-hybridized carbons (Fsp3) is 0.432. The molecule has 0 saturated heterocycles. The number of alkyl halides is 2. The van der Waals surface area contributed by atoms with Crippen LogP contribution >= 0.6 is 34.8 Å². The van der Waals surface area contributed by atoms with Crippen LogP contribution in [-0.2, 0) is 27.4 Å². The first-order chi connectivity index (χ1) is 24.1. The maximum Gasteiger partial charge on any atom is 0.252 e. The van der Waals surface area contributed by atoms with E-state index in [1.807, 2.05) is 42.2 Å². The summed E-state index contributed by atoms with van der Waals surface area (Å²) in [6, 6.07) is 16.4. The predicted octanol–water partition coefficient (Wildman–Crippen LogP) is 7.69. The molecule has 0 bridgehead atoms. The number of carbonyl (C=O) groups is 1. The van der Waals surface area contributed by atoms with Crippen molar-refractivity contribution in [1.82, 2.24) is 15.5 Å². The summed E-state index contributed by atoms with van der Waals surface area (Å²) in [6.07, 6.45) is -0.0287. The largest absolute Gasteiger partial charge is 0.490 e. The van der Waals surface area contributed by atoms with Gasteiger partial charge < -0.3 is 34.5 Å². The van der Waals surface area contributed by atoms with Gasteiger partial charge in [0.05, 0.1) is 29.2 Å². The molecule has 5 rings (SSSR count). The van der Waals surface area contributed by atoms with Crippen molar-refractivity contribution in [1.29, 1.82) is 0 Å². The van der Waals surface area contributed by atoms with Crippen molar-refractivity contribution in [2.45, 2.75) is 57.8 Å². The Bertz CT molecular complexity index is 1620. The van der Waals surface area contributed by atoms with E-state index < -0.39 is 13.0 Å². The number of rotatable bonds is 18. The SMILES string of the molecule is COCOC[C@H]1NCCC(c2ccc(OCCOc3c(Cl)cc(C)cc3Cl)cc2)=C1C(=O)N(Cc1cc(CNCC(F)F)ccc1Cl)C1CC1. The van der Waals surface area contributed by atoms with Crippen molar-refractivity contribution in [3.8, 4) is 11.5 Å². The Morgan fingerprint density at radius 1 is 1.00 bits per heavy atom. The molecule has 2 N–H and O–H groups in total. The van der Waals surface area contributed by atoms with Crippen molar-refractivity contribution in [2.75, 3.05) is 46.8 Å². The molecule has 8 nitrogen and oxygen atoms in total. The molecular weight excluding hydrogens is 711 g/mol. The standard InChI is InChI=1S/C37H42Cl3F2N3O5/c1-23-15-31(39)36(32(40)16-23)50-14-13-49-28-8-4-25(5-9-28)29-11-12-44-33(21-48-22-47-2)35(29)37(46)45(27-6-7-27)20-26-17-24(3-10-30(26)38)18-43-19-34(41)42/h3-5,8-10,15-17,27,33-34,43-44H,6-7,11-14,18-22H2,1-2H3/t33-/m1/s1. The molecule has 1 atom stereocenters. The molecule has 3 aromatic rings. The Morgan fingerprint density at radius 3 is 2.40 bits per heavy atom. The third-order valence-electron chi connectivity index (χ3n) is 8.43. The predicted molar refractivity (Wildman–Crippen MR) is 193 cm³/mol. The Morgan fingerprint density at radius 2 is 1.72 bits per heavy atom. The van der Waals surface area contributed by atoms with Crippen molar-refractivity contribution >= 4 is 46.3 Å². The van der Waals surface area contributed by atoms with E-state index in [4.69, 9.17) is 53.8 Å². The molecule has 2 aliphatic rings. The van der Waals surface area contributed by atoms with E-state index >= 15 is 0 Å². The van der Waals surface area contributed by atoms with Crippen LogP contribution in [0.15, 0.2) is 60.2 Å². The van der Waals surface area contributed by atoms with Crippen LogP contribution in [0.25, 0.3) is 5.57 Å². The number of amides is 1. The molecule has 1 aliphatic heterocycles. The Kier molecular flexibility index (Phi) is 14.2. The van der Waals surface area contributed by atoms with Gasteiger partial charge in [0.2, 0.25) is 0 Å². The highest BCUT2D eigenvalue weighted by Crippen LogP contribution is 2.37. The number of methoxy groups -OCH3 is 1. The number of ether oxygens (including phenoxy) is 4. The van der Waals surface area contributed by atoms with Crippen molar-refractivity contribution in [2.24, 2.45) is 0 Å². The van der Waals surface area contributed by atoms with E-state index in [9.17, 15) is 13.6 Å². The van der Waals surface area contributed by atoms with Crippen LogP contribution in [0.4, 0.5) is 8.78 Å². The number of aryl methyl sites for hydroxylation is 1. The maximum atomic E-state index is 14.6. The van der Waals surface area contributed by atoms with Gasteiger partial charge in [-0.2, -0.15) is 0 Å². The first kappa shape index (κ1) is 38.3. The molecular formula is C37H42Cl3F2N3O5. The summed E-state index contributed by atoms with van der Waals surface area (Å²) in [7, 11) is 1.56. The van der Waals surface area contributed by atoms with E-state index in [0.717, 1.165) is 40.7 Å². The van der Waals surface area contributed by atoms with Gasteiger partial charge in [-0.3, -0.25) is 4.79 Å². The molecule has 1 fully saturated rings. The topological polar surface area (TPSA) is 81.3 Å². The lowest BCUT2D eigenvalue weighted by Crippen LogP contribution is -2.47. The highest BCUT2D eigenvalue weighted by molar-refractivity contribution is 6.37. The van der Waals surface area contributed by atoms with Gasteiger partial charge in [0.15, 0.2) is 5.75 Å². The molecule has 3 aromatic carbocycles. The number of benzene rings is 3. The summed E-state index contributed by atoms with van der Waals surface area (Å²) in [5.74, 6) is 0.982. The zero-order valence-electron chi connectivity index (χ0n) is 28.1. The summed E-state index contributed by atoms with van der Waals surface area (Å²) in [5.41, 5.74) is 5.00. The summed E-state index contributed by atoms with van der Waals surface area (Å²) < 4.78 is 48.0. The second-order valence-electron chi connectivity index (χ2n) is 12.3. The molecule has 1 aliphatic carbocycles. The molecule has 50 heavy (non-hydrogen) atoms. The smallest absolute Gasteiger partial charge is 0.252 e. The minimum absolute atomic E-state index is 0.0677. The van der Waals surface area contributed by atoms with Gasteiger partial charge in [0, 0.05) is 36.8 Å². The second kappa shape index (κ2) is 18.5. The van der Waals surface area contributed by atoms with Gasteiger partial charge in [0.1, 0.15) is 25.8 Å². The van der Waals surface area contributed by atoms with Crippen molar-refractivity contribution < 1.29 is 32.5 Å². The van der Waals surface area contributed by atoms with E-state index in [-0.39, 0.29) is 51.1 Å². The molecule has 270 valence electrons. The van der Waals surface area contributed by atoms with Crippen LogP contribution in [0.1, 0.15) is 41.5 Å². The number of halogens is 5. The first-order valence-electron chi connectivity index (χ1n) is 16.6. The van der Waals surface area contributed by atoms with E-state index in [2.05, 4.69) is 10.6 Å². The molecule has 0 radical (unpaired) electrons. The molecule has 0 aromatic heterocycles. The average Bonchev–Trinajstić information content (AvgIpc) is 3.93. The zero-order valence-corrected chi connectivity index (χ0v) is 30.4. The molecule has 1 heterocycles. The van der Waals surface area contributed by atoms with Crippen molar-refractivity contribution in [3.63, 3.8) is 0 Å². The number of carbonyl (C=O) groups excluding carboxylic acids is 1. The van der Waals surface area contributed by atoms with Crippen LogP contribution in [0, 0.1) is 6.92 Å². The highest BCUT2D eigenvalue weighted by atomic mass is 35.5. The Hall–Kier alpha value is -2.96. The Labute approximate surface area is 306 Å². The lowest BCUT2D eigenvalue weighted by atomic mass is 9.88. The summed E-state index contributed by atoms with van der Waals surface area (Å²) in [4.78, 5) is 16.5. The summed E-state index contributed by atoms with van der Waals surface area (Å²) in [6.45, 7) is 3.60. The van der Waals surface area contributed by atoms with E-state index in [1.54, 1.807) is 31.4 Å². The van der Waals surface area contributed by atoms with Gasteiger partial charge in [-0.25, -0.2) is 8.78 Å². The third kappa shape index (κ3) is 10.5. The molecule has 1 amide bonds. The monoisotopic (exact) mass is 751 g/mol. The minimum atomic E-state index is -2.44. The molecule has 0 spiro atoms. The van der Waals surface area contributed by atoms with Crippen LogP contribution < -0.4 is 20.1 Å². The summed E-state index contributed by atoms with van der Waals surface area (Å²) >= 11 is 19.2. The fourth-order valence-electron chi connectivity index (χ4n) is 5.94. The van der Waals surface area contributed by atoms with Gasteiger partial charge in [0.25, 0.3) is 12.3 Å². The van der Waals surface area contributed by atoms with Crippen LogP contribution in [0.2, 0.25) is 15.1 Å². The second-order valence-corrected chi connectivity index (χ2v) is 13.5. The molecule has 1 saturated carbocycles. The van der Waals surface area contributed by atoms with Crippen molar-refractivity contribution in [3.05, 3.63) is 97.5 Å². The van der Waals surface area contributed by atoms with Crippen LogP contribution in [0.5, 0.6) is 11.5 Å². The highest BCUT2D eigenvalue weighted by Gasteiger charge is 2.38. The van der Waals surface area contributed by atoms with Gasteiger partial charge in [-0.1, -0.05) is 59.1 Å². The van der Waals surface area contributed by atoms with E-state index in [0.29, 0.717) is 51.7 Å². The zero-order chi connectivity index (χ0) is 35.6. The van der Waals surface area contributed by atoms with Crippen LogP contribution in [0.3, 0.4) is 0 Å². The van der Waals surface area contributed by atoms with Crippen LogP contribution in [-0.4, -0.2) is 76.1 Å². The van der Waals surface area contributed by atoms with Gasteiger partial charge in [-0.05, 0) is 90.9 Å². The lowest BCUT2D eigenvalue weighted by molar-refractivity contribution is -0.129. The lowest BCUT2D eigenvalue weighted by Gasteiger charge is -2.33. The fourth-order valence-corrected chi connectivity index (χ4v) is 6.83. The first-order valence-corrected chi connectivity index (χ1v) is 17.7. The normalized spacial score (nSPS) is 16.2. The maximum absolute atomic E-state index is 14.6. The number of nitrogens with zero attached hydrogens (tertiary/aromatic N) is 1. The van der Waals surface area contributed by atoms with E-state index in [1.165, 1.54) is 0 Å². The Balaban J connectivity index is 1.34.